The predicted octanol–water partition coefficient (Wildman–Crippen LogP) is 1.25. The molecule has 0 atom stereocenters. The Morgan fingerprint density at radius 2 is 2.31 bits per heavy atom. The number of benzene rings is 1. The zero-order valence-electron chi connectivity index (χ0n) is 8.99. The summed E-state index contributed by atoms with van der Waals surface area (Å²) < 4.78 is 9.54. The van der Waals surface area contributed by atoms with Crippen molar-refractivity contribution < 1.29 is 19.1 Å². The van der Waals surface area contributed by atoms with Crippen molar-refractivity contribution in [1.82, 2.24) is 0 Å². The highest BCUT2D eigenvalue weighted by Crippen LogP contribution is 2.27. The van der Waals surface area contributed by atoms with E-state index in [1.54, 1.807) is 6.07 Å². The van der Waals surface area contributed by atoms with Gasteiger partial charge in [0.2, 0.25) is 0 Å². The van der Waals surface area contributed by atoms with Gasteiger partial charge in [-0.3, -0.25) is 9.59 Å². The summed E-state index contributed by atoms with van der Waals surface area (Å²) in [5.41, 5.74) is 1.91. The standard InChI is InChI=1S/C12H12O4/c1-15-11(13)5-3-8-2-4-10-9(6-8)7-12(14)16-10/h2,4,6H,3,5,7H2,1H3. The number of hydrogen-bond acceptors (Lipinski definition) is 4. The van der Waals surface area contributed by atoms with E-state index in [4.69, 9.17) is 4.74 Å². The average Bonchev–Trinajstić information content (AvgIpc) is 2.65. The van der Waals surface area contributed by atoms with Crippen molar-refractivity contribution in [2.75, 3.05) is 7.11 Å². The third-order valence-corrected chi connectivity index (χ3v) is 2.53. The molecule has 0 bridgehead atoms. The molecule has 0 aliphatic carbocycles. The zero-order valence-corrected chi connectivity index (χ0v) is 8.99. The van der Waals surface area contributed by atoms with E-state index >= 15 is 0 Å². The van der Waals surface area contributed by atoms with Crippen LogP contribution in [0.3, 0.4) is 0 Å². The van der Waals surface area contributed by atoms with Crippen LogP contribution >= 0.6 is 0 Å². The fourth-order valence-electron chi connectivity index (χ4n) is 1.69. The lowest BCUT2D eigenvalue weighted by atomic mass is 10.0. The number of aryl methyl sites for hydroxylation is 1. The van der Waals surface area contributed by atoms with Gasteiger partial charge < -0.3 is 9.47 Å². The van der Waals surface area contributed by atoms with E-state index in [-0.39, 0.29) is 11.9 Å². The highest BCUT2D eigenvalue weighted by Gasteiger charge is 2.20. The lowest BCUT2D eigenvalue weighted by Gasteiger charge is -2.02. The van der Waals surface area contributed by atoms with Crippen molar-refractivity contribution in [3.8, 4) is 5.75 Å². The Morgan fingerprint density at radius 1 is 1.50 bits per heavy atom. The van der Waals surface area contributed by atoms with Gasteiger partial charge in [0.15, 0.2) is 0 Å². The molecule has 1 heterocycles. The molecule has 0 radical (unpaired) electrons. The molecule has 1 aliphatic rings. The molecule has 0 N–H and O–H groups in total. The van der Waals surface area contributed by atoms with E-state index in [0.717, 1.165) is 11.1 Å². The molecule has 0 unspecified atom stereocenters. The topological polar surface area (TPSA) is 52.6 Å². The smallest absolute Gasteiger partial charge is 0.315 e. The number of ether oxygens (including phenoxy) is 2. The third kappa shape index (κ3) is 2.21. The Bertz CT molecular complexity index is 437. The largest absolute Gasteiger partial charge is 0.469 e. The minimum atomic E-state index is -0.229. The van der Waals surface area contributed by atoms with Crippen LogP contribution in [0.25, 0.3) is 0 Å². The Labute approximate surface area is 93.2 Å². The summed E-state index contributed by atoms with van der Waals surface area (Å²) in [6, 6.07) is 5.54. The molecule has 0 saturated carbocycles. The highest BCUT2D eigenvalue weighted by molar-refractivity contribution is 5.81. The van der Waals surface area contributed by atoms with E-state index in [1.807, 2.05) is 12.1 Å². The first-order valence-corrected chi connectivity index (χ1v) is 5.08. The second-order valence-electron chi connectivity index (χ2n) is 3.67. The number of methoxy groups -OCH3 is 1. The molecule has 1 aromatic rings. The maximum atomic E-state index is 11.0. The molecule has 2 rings (SSSR count). The van der Waals surface area contributed by atoms with Crippen molar-refractivity contribution >= 4 is 11.9 Å². The van der Waals surface area contributed by atoms with Gasteiger partial charge in [-0.25, -0.2) is 0 Å². The molecule has 0 amide bonds. The predicted molar refractivity (Wildman–Crippen MR) is 56.1 cm³/mol. The third-order valence-electron chi connectivity index (χ3n) is 2.53. The Balaban J connectivity index is 2.05. The molecule has 1 aliphatic heterocycles. The van der Waals surface area contributed by atoms with Gasteiger partial charge >= 0.3 is 11.9 Å². The van der Waals surface area contributed by atoms with Gasteiger partial charge in [-0.15, -0.1) is 0 Å². The number of carbonyl (C=O) groups is 2. The summed E-state index contributed by atoms with van der Waals surface area (Å²) >= 11 is 0. The minimum absolute atomic E-state index is 0.222. The monoisotopic (exact) mass is 220 g/mol. The SMILES string of the molecule is COC(=O)CCc1ccc2c(c1)CC(=O)O2. The fraction of sp³-hybridized carbons (Fsp3) is 0.333. The van der Waals surface area contributed by atoms with Gasteiger partial charge in [0, 0.05) is 12.0 Å². The number of esters is 2. The molecular weight excluding hydrogens is 208 g/mol. The molecule has 4 nitrogen and oxygen atoms in total. The first-order chi connectivity index (χ1) is 7.69. The van der Waals surface area contributed by atoms with Gasteiger partial charge in [0.1, 0.15) is 5.75 Å². The van der Waals surface area contributed by atoms with Crippen molar-refractivity contribution in [2.45, 2.75) is 19.3 Å². The summed E-state index contributed by atoms with van der Waals surface area (Å²) in [5.74, 6) is 0.180. The summed E-state index contributed by atoms with van der Waals surface area (Å²) in [7, 11) is 1.37. The van der Waals surface area contributed by atoms with Crippen molar-refractivity contribution in [3.63, 3.8) is 0 Å². The molecule has 0 saturated heterocycles. The van der Waals surface area contributed by atoms with Crippen molar-refractivity contribution in [1.29, 1.82) is 0 Å². The summed E-state index contributed by atoms with van der Waals surface area (Å²) in [6.07, 6.45) is 1.29. The van der Waals surface area contributed by atoms with Crippen LogP contribution in [0.1, 0.15) is 17.5 Å². The number of hydrogen-bond donors (Lipinski definition) is 0. The number of fused-ring (bicyclic) bond motifs is 1. The van der Waals surface area contributed by atoms with Gasteiger partial charge in [-0.2, -0.15) is 0 Å². The van der Waals surface area contributed by atoms with Crippen LogP contribution in [-0.4, -0.2) is 19.0 Å². The first-order valence-electron chi connectivity index (χ1n) is 5.08. The quantitative estimate of drug-likeness (QED) is 0.568. The lowest BCUT2D eigenvalue weighted by molar-refractivity contribution is -0.140. The van der Waals surface area contributed by atoms with E-state index < -0.39 is 0 Å². The fourth-order valence-corrected chi connectivity index (χ4v) is 1.69. The lowest BCUT2D eigenvalue weighted by Crippen LogP contribution is -2.01. The van der Waals surface area contributed by atoms with Crippen LogP contribution in [0, 0.1) is 0 Å². The maximum absolute atomic E-state index is 11.0. The van der Waals surface area contributed by atoms with Gasteiger partial charge in [0.05, 0.1) is 13.5 Å². The zero-order chi connectivity index (χ0) is 11.5. The normalized spacial score (nSPS) is 13.2. The molecule has 16 heavy (non-hydrogen) atoms. The first kappa shape index (κ1) is 10.7. The highest BCUT2D eigenvalue weighted by atomic mass is 16.5. The van der Waals surface area contributed by atoms with E-state index in [0.29, 0.717) is 25.0 Å². The van der Waals surface area contributed by atoms with Crippen LogP contribution in [0.4, 0.5) is 0 Å². The van der Waals surface area contributed by atoms with Crippen molar-refractivity contribution in [3.05, 3.63) is 29.3 Å². The van der Waals surface area contributed by atoms with Gasteiger partial charge in [-0.1, -0.05) is 12.1 Å². The molecule has 4 heteroatoms. The molecule has 0 aromatic heterocycles. The summed E-state index contributed by atoms with van der Waals surface area (Å²) in [6.45, 7) is 0. The second kappa shape index (κ2) is 4.35. The Kier molecular flexibility index (Phi) is 2.90. The molecule has 0 spiro atoms. The van der Waals surface area contributed by atoms with E-state index in [2.05, 4.69) is 4.74 Å². The van der Waals surface area contributed by atoms with E-state index in [9.17, 15) is 9.59 Å². The molecular formula is C12H12O4. The van der Waals surface area contributed by atoms with Gasteiger partial charge in [0.25, 0.3) is 0 Å². The summed E-state index contributed by atoms with van der Waals surface area (Å²) in [5, 5.41) is 0. The second-order valence-corrected chi connectivity index (χ2v) is 3.67. The van der Waals surface area contributed by atoms with Crippen LogP contribution in [-0.2, 0) is 27.2 Å². The molecule has 0 fully saturated rings. The number of rotatable bonds is 3. The van der Waals surface area contributed by atoms with Crippen LogP contribution in [0.15, 0.2) is 18.2 Å². The van der Waals surface area contributed by atoms with E-state index in [1.165, 1.54) is 7.11 Å². The minimum Gasteiger partial charge on any atom is -0.469 e. The summed E-state index contributed by atoms with van der Waals surface area (Å²) in [4.78, 5) is 22.0. The Hall–Kier alpha value is -1.84. The van der Waals surface area contributed by atoms with Crippen molar-refractivity contribution in [2.24, 2.45) is 0 Å². The van der Waals surface area contributed by atoms with Crippen LogP contribution < -0.4 is 4.74 Å². The van der Waals surface area contributed by atoms with Crippen LogP contribution in [0.5, 0.6) is 5.75 Å². The van der Waals surface area contributed by atoms with Crippen LogP contribution in [0.2, 0.25) is 0 Å². The van der Waals surface area contributed by atoms with Gasteiger partial charge in [-0.05, 0) is 18.1 Å². The maximum Gasteiger partial charge on any atom is 0.315 e. The molecule has 84 valence electrons. The molecule has 1 aromatic carbocycles. The number of carbonyl (C=O) groups excluding carboxylic acids is 2. The average molecular weight is 220 g/mol. The Morgan fingerprint density at radius 3 is 3.06 bits per heavy atom.